The van der Waals surface area contributed by atoms with Crippen LogP contribution < -0.4 is 5.32 Å². The van der Waals surface area contributed by atoms with Crippen molar-refractivity contribution < 1.29 is 0 Å². The highest BCUT2D eigenvalue weighted by atomic mass is 32.1. The smallest absolute Gasteiger partial charge is 0.110 e. The molecule has 2 nitrogen and oxygen atoms in total. The molecule has 3 heterocycles. The first kappa shape index (κ1) is 10.4. The van der Waals surface area contributed by atoms with Crippen LogP contribution in [-0.2, 0) is 0 Å². The standard InChI is InChI=1S/C12H14N2S2/c1-2-5-13-10(3-1)12-14-11(8-16-12)9-4-6-15-7-9/h4,6-8,10,13H,1-3,5H2. The number of nitrogens with one attached hydrogen (secondary N) is 1. The van der Waals surface area contributed by atoms with Crippen molar-refractivity contribution in [1.82, 2.24) is 10.3 Å². The second-order valence-corrected chi connectivity index (χ2v) is 5.76. The van der Waals surface area contributed by atoms with Crippen LogP contribution in [0.25, 0.3) is 11.3 Å². The fourth-order valence-electron chi connectivity index (χ4n) is 2.05. The summed E-state index contributed by atoms with van der Waals surface area (Å²) in [5.41, 5.74) is 2.39. The van der Waals surface area contributed by atoms with E-state index in [0.717, 1.165) is 12.2 Å². The van der Waals surface area contributed by atoms with E-state index in [1.54, 1.807) is 22.7 Å². The minimum atomic E-state index is 0.492. The molecule has 0 aliphatic carbocycles. The first-order valence-electron chi connectivity index (χ1n) is 5.65. The van der Waals surface area contributed by atoms with Gasteiger partial charge in [0.1, 0.15) is 5.01 Å². The van der Waals surface area contributed by atoms with Crippen molar-refractivity contribution >= 4 is 22.7 Å². The molecule has 1 unspecified atom stereocenters. The number of thiazole rings is 1. The molecule has 1 saturated heterocycles. The van der Waals surface area contributed by atoms with Crippen molar-refractivity contribution in [2.75, 3.05) is 6.54 Å². The van der Waals surface area contributed by atoms with Gasteiger partial charge in [-0.25, -0.2) is 4.98 Å². The molecular formula is C12H14N2S2. The molecule has 16 heavy (non-hydrogen) atoms. The molecular weight excluding hydrogens is 236 g/mol. The molecule has 1 atom stereocenters. The lowest BCUT2D eigenvalue weighted by molar-refractivity contribution is 0.411. The molecule has 1 aliphatic rings. The van der Waals surface area contributed by atoms with Crippen molar-refractivity contribution in [2.45, 2.75) is 25.3 Å². The van der Waals surface area contributed by atoms with Crippen LogP contribution in [0.4, 0.5) is 0 Å². The maximum absolute atomic E-state index is 4.74. The zero-order valence-corrected chi connectivity index (χ0v) is 10.6. The van der Waals surface area contributed by atoms with Crippen molar-refractivity contribution in [3.05, 3.63) is 27.2 Å². The fraction of sp³-hybridized carbons (Fsp3) is 0.417. The molecule has 84 valence electrons. The van der Waals surface area contributed by atoms with Crippen molar-refractivity contribution in [2.24, 2.45) is 0 Å². The van der Waals surface area contributed by atoms with E-state index in [9.17, 15) is 0 Å². The second-order valence-electron chi connectivity index (χ2n) is 4.09. The minimum absolute atomic E-state index is 0.492. The molecule has 0 radical (unpaired) electrons. The van der Waals surface area contributed by atoms with E-state index in [0.29, 0.717) is 6.04 Å². The van der Waals surface area contributed by atoms with Crippen LogP contribution >= 0.6 is 22.7 Å². The highest BCUT2D eigenvalue weighted by Crippen LogP contribution is 2.30. The zero-order chi connectivity index (χ0) is 10.8. The van der Waals surface area contributed by atoms with Gasteiger partial charge in [-0.15, -0.1) is 11.3 Å². The largest absolute Gasteiger partial charge is 0.308 e. The van der Waals surface area contributed by atoms with Crippen molar-refractivity contribution in [3.63, 3.8) is 0 Å². The van der Waals surface area contributed by atoms with Crippen LogP contribution in [0.3, 0.4) is 0 Å². The van der Waals surface area contributed by atoms with Crippen LogP contribution in [0.15, 0.2) is 22.2 Å². The van der Waals surface area contributed by atoms with Gasteiger partial charge in [0.15, 0.2) is 0 Å². The van der Waals surface area contributed by atoms with E-state index >= 15 is 0 Å². The second kappa shape index (κ2) is 4.65. The van der Waals surface area contributed by atoms with Crippen molar-refractivity contribution in [1.29, 1.82) is 0 Å². The number of nitrogens with zero attached hydrogens (tertiary/aromatic N) is 1. The predicted octanol–water partition coefficient (Wildman–Crippen LogP) is 3.69. The zero-order valence-electron chi connectivity index (χ0n) is 8.98. The number of rotatable bonds is 2. The minimum Gasteiger partial charge on any atom is -0.308 e. The number of hydrogen-bond acceptors (Lipinski definition) is 4. The Hall–Kier alpha value is -0.710. The summed E-state index contributed by atoms with van der Waals surface area (Å²) in [6.07, 6.45) is 3.86. The van der Waals surface area contributed by atoms with Gasteiger partial charge in [-0.1, -0.05) is 6.42 Å². The average Bonchev–Trinajstić information content (AvgIpc) is 3.01. The van der Waals surface area contributed by atoms with E-state index in [1.807, 2.05) is 0 Å². The molecule has 0 aromatic carbocycles. The lowest BCUT2D eigenvalue weighted by Crippen LogP contribution is -2.26. The van der Waals surface area contributed by atoms with Gasteiger partial charge >= 0.3 is 0 Å². The Morgan fingerprint density at radius 1 is 1.31 bits per heavy atom. The van der Waals surface area contributed by atoms with Gasteiger partial charge < -0.3 is 5.32 Å². The quantitative estimate of drug-likeness (QED) is 0.879. The Balaban J connectivity index is 1.82. The van der Waals surface area contributed by atoms with E-state index in [4.69, 9.17) is 4.98 Å². The molecule has 0 spiro atoms. The van der Waals surface area contributed by atoms with Gasteiger partial charge in [-0.2, -0.15) is 11.3 Å². The lowest BCUT2D eigenvalue weighted by Gasteiger charge is -2.21. The molecule has 2 aromatic rings. The molecule has 3 rings (SSSR count). The van der Waals surface area contributed by atoms with E-state index in [2.05, 4.69) is 27.5 Å². The van der Waals surface area contributed by atoms with Gasteiger partial charge in [0, 0.05) is 16.3 Å². The van der Waals surface area contributed by atoms with Crippen molar-refractivity contribution in [3.8, 4) is 11.3 Å². The Labute approximate surface area is 103 Å². The molecule has 1 aliphatic heterocycles. The number of hydrogen-bond donors (Lipinski definition) is 1. The molecule has 0 amide bonds. The molecule has 1 N–H and O–H groups in total. The monoisotopic (exact) mass is 250 g/mol. The SMILES string of the molecule is c1cc(-c2csc(C3CCCCN3)n2)cs1. The first-order valence-corrected chi connectivity index (χ1v) is 7.47. The third-order valence-electron chi connectivity index (χ3n) is 2.95. The Kier molecular flexibility index (Phi) is 3.04. The third-order valence-corrected chi connectivity index (χ3v) is 4.59. The van der Waals surface area contributed by atoms with Crippen LogP contribution in [-0.4, -0.2) is 11.5 Å². The normalized spacial score (nSPS) is 21.1. The van der Waals surface area contributed by atoms with Gasteiger partial charge in [0.25, 0.3) is 0 Å². The van der Waals surface area contributed by atoms with E-state index < -0.39 is 0 Å². The number of piperidine rings is 1. The Bertz CT molecular complexity index is 441. The summed E-state index contributed by atoms with van der Waals surface area (Å²) in [5.74, 6) is 0. The summed E-state index contributed by atoms with van der Waals surface area (Å²) in [6, 6.07) is 2.63. The highest BCUT2D eigenvalue weighted by molar-refractivity contribution is 7.10. The maximum Gasteiger partial charge on any atom is 0.110 e. The van der Waals surface area contributed by atoms with E-state index in [-0.39, 0.29) is 0 Å². The molecule has 4 heteroatoms. The summed E-state index contributed by atoms with van der Waals surface area (Å²) in [7, 11) is 0. The Morgan fingerprint density at radius 3 is 3.06 bits per heavy atom. The molecule has 1 fully saturated rings. The molecule has 0 saturated carbocycles. The van der Waals surface area contributed by atoms with Crippen LogP contribution in [0, 0.1) is 0 Å². The first-order chi connectivity index (χ1) is 7.93. The highest BCUT2D eigenvalue weighted by Gasteiger charge is 2.18. The van der Waals surface area contributed by atoms with Crippen LogP contribution in [0.1, 0.15) is 30.3 Å². The summed E-state index contributed by atoms with van der Waals surface area (Å²) in [6.45, 7) is 1.14. The Morgan fingerprint density at radius 2 is 2.31 bits per heavy atom. The summed E-state index contributed by atoms with van der Waals surface area (Å²) >= 11 is 3.51. The van der Waals surface area contributed by atoms with Gasteiger partial charge in [-0.3, -0.25) is 0 Å². The molecule has 2 aromatic heterocycles. The van der Waals surface area contributed by atoms with Gasteiger partial charge in [0.2, 0.25) is 0 Å². The fourth-order valence-corrected chi connectivity index (χ4v) is 3.64. The number of thiophene rings is 1. The van der Waals surface area contributed by atoms with Gasteiger partial charge in [0.05, 0.1) is 11.7 Å². The van der Waals surface area contributed by atoms with Crippen LogP contribution in [0.2, 0.25) is 0 Å². The summed E-state index contributed by atoms with van der Waals surface area (Å²) in [5, 5.41) is 11.2. The predicted molar refractivity (Wildman–Crippen MR) is 70.0 cm³/mol. The molecule has 0 bridgehead atoms. The third kappa shape index (κ3) is 2.05. The number of aromatic nitrogens is 1. The van der Waals surface area contributed by atoms with E-state index in [1.165, 1.54) is 29.8 Å². The topological polar surface area (TPSA) is 24.9 Å². The maximum atomic E-state index is 4.74. The average molecular weight is 250 g/mol. The summed E-state index contributed by atoms with van der Waals surface area (Å²) < 4.78 is 0. The van der Waals surface area contributed by atoms with Gasteiger partial charge in [-0.05, 0) is 30.8 Å². The van der Waals surface area contributed by atoms with Crippen LogP contribution in [0.5, 0.6) is 0 Å². The summed E-state index contributed by atoms with van der Waals surface area (Å²) in [4.78, 5) is 4.74. The lowest BCUT2D eigenvalue weighted by atomic mass is 10.1.